The van der Waals surface area contributed by atoms with Gasteiger partial charge in [-0.05, 0) is 113 Å². The zero-order valence-electron chi connectivity index (χ0n) is 40.5. The molecule has 7 aliphatic rings. The minimum atomic E-state index is -1.87. The lowest BCUT2D eigenvalue weighted by Crippen LogP contribution is -2.67. The highest BCUT2D eigenvalue weighted by atomic mass is 16.8. The summed E-state index contributed by atoms with van der Waals surface area (Å²) in [4.78, 5) is 27.6. The van der Waals surface area contributed by atoms with Crippen molar-refractivity contribution in [3.05, 3.63) is 24.3 Å². The Kier molecular flexibility index (Phi) is 15.8. The van der Waals surface area contributed by atoms with Gasteiger partial charge in [0, 0.05) is 5.41 Å². The van der Waals surface area contributed by atoms with Gasteiger partial charge in [-0.1, -0.05) is 45.1 Å². The molecule has 3 aliphatic heterocycles. The van der Waals surface area contributed by atoms with Crippen molar-refractivity contribution in [1.82, 2.24) is 0 Å². The second-order valence-corrected chi connectivity index (χ2v) is 22.1. The van der Waals surface area contributed by atoms with Crippen molar-refractivity contribution in [1.29, 1.82) is 0 Å². The monoisotopic (exact) mass is 971 g/mol. The van der Waals surface area contributed by atoms with Crippen LogP contribution in [0.4, 0.5) is 0 Å². The fourth-order valence-corrected chi connectivity index (χ4v) is 14.7. The van der Waals surface area contributed by atoms with Crippen LogP contribution in [-0.4, -0.2) is 182 Å². The van der Waals surface area contributed by atoms with E-state index >= 15 is 0 Å². The van der Waals surface area contributed by atoms with E-state index in [1.807, 2.05) is 13.8 Å². The Morgan fingerprint density at radius 1 is 0.706 bits per heavy atom. The molecule has 3 saturated heterocycles. The predicted molar refractivity (Wildman–Crippen MR) is 237 cm³/mol. The zero-order valence-corrected chi connectivity index (χ0v) is 40.5. The van der Waals surface area contributed by atoms with Crippen LogP contribution in [0.1, 0.15) is 99.3 Å². The number of esters is 2. The van der Waals surface area contributed by atoms with Crippen molar-refractivity contribution in [2.75, 3.05) is 20.3 Å². The number of hydrogen-bond acceptors (Lipinski definition) is 19. The average Bonchev–Trinajstić information content (AvgIpc) is 3.70. The Labute approximate surface area is 398 Å². The molecule has 4 saturated carbocycles. The van der Waals surface area contributed by atoms with Crippen LogP contribution in [-0.2, 0) is 42.7 Å². The molecular formula is C49H78O19. The molecule has 0 bridgehead atoms. The minimum Gasteiger partial charge on any atom is -0.469 e. The van der Waals surface area contributed by atoms with E-state index in [0.29, 0.717) is 25.7 Å². The van der Waals surface area contributed by atoms with Gasteiger partial charge in [0.1, 0.15) is 67.1 Å². The van der Waals surface area contributed by atoms with E-state index in [1.54, 1.807) is 0 Å². The highest BCUT2D eigenvalue weighted by Gasteiger charge is 2.72. The Bertz CT molecular complexity index is 1850. The van der Waals surface area contributed by atoms with Crippen molar-refractivity contribution in [3.8, 4) is 0 Å². The first-order valence-electron chi connectivity index (χ1n) is 24.4. The number of rotatable bonds is 13. The SMILES string of the molecule is C=C(C)[C@@H]1CC[C@]2(C(=O)O[C@@H]3O[C@H](CO[C@@H]4O[C@H](CO)[C@@H](O[C@@H]5O[C@@H](C)[C@H](O)[C@@H](O)[C@H]5O)[C@H](O)[C@H]4O)[C@@H](O)[C@H](O)[C@H]3O)CC[C@]3(C)[C@H](CC[C@@H]4[C@@](C)(C(O)CC(=O)OC)[C@H](C(=C)C)CC[C@]43C)[C@@H]12. The normalized spacial score (nSPS) is 50.8. The molecule has 0 aromatic rings. The van der Waals surface area contributed by atoms with Gasteiger partial charge in [0.05, 0.1) is 44.4 Å². The summed E-state index contributed by atoms with van der Waals surface area (Å²) < 4.78 is 39.7. The molecule has 1 unspecified atom stereocenters. The quantitative estimate of drug-likeness (QED) is 0.0880. The van der Waals surface area contributed by atoms with Crippen molar-refractivity contribution in [2.24, 2.45) is 51.2 Å². The summed E-state index contributed by atoms with van der Waals surface area (Å²) in [5.74, 6) is -1.30. The summed E-state index contributed by atoms with van der Waals surface area (Å²) in [6.07, 6.45) is -20.2. The molecular weight excluding hydrogens is 893 g/mol. The molecule has 7 rings (SSSR count). The maximum Gasteiger partial charge on any atom is 0.314 e. The Morgan fingerprint density at radius 2 is 1.34 bits per heavy atom. The number of aliphatic hydroxyl groups excluding tert-OH is 10. The second kappa shape index (κ2) is 20.0. The van der Waals surface area contributed by atoms with Gasteiger partial charge in [-0.2, -0.15) is 0 Å². The molecule has 0 aromatic carbocycles. The number of carbonyl (C=O) groups is 2. The van der Waals surface area contributed by atoms with Crippen LogP contribution in [0.3, 0.4) is 0 Å². The van der Waals surface area contributed by atoms with Crippen LogP contribution in [0.5, 0.6) is 0 Å². The topological polar surface area (TPSA) is 301 Å². The molecule has 0 spiro atoms. The second-order valence-electron chi connectivity index (χ2n) is 22.1. The maximum atomic E-state index is 15.0. The third-order valence-corrected chi connectivity index (χ3v) is 18.8. The van der Waals surface area contributed by atoms with E-state index in [-0.39, 0.29) is 46.8 Å². The third kappa shape index (κ3) is 8.73. The molecule has 19 heteroatoms. The largest absolute Gasteiger partial charge is 0.469 e. The Balaban J connectivity index is 1.07. The number of methoxy groups -OCH3 is 1. The molecule has 4 aliphatic carbocycles. The zero-order chi connectivity index (χ0) is 50.2. The van der Waals surface area contributed by atoms with Crippen molar-refractivity contribution in [2.45, 2.75) is 198 Å². The molecule has 10 N–H and O–H groups in total. The molecule has 7 fully saturated rings. The van der Waals surface area contributed by atoms with E-state index in [1.165, 1.54) is 14.0 Å². The minimum absolute atomic E-state index is 0.0148. The van der Waals surface area contributed by atoms with Gasteiger partial charge in [0.25, 0.3) is 0 Å². The van der Waals surface area contributed by atoms with Crippen LogP contribution in [0, 0.1) is 51.2 Å². The number of fused-ring (bicyclic) bond motifs is 5. The van der Waals surface area contributed by atoms with Gasteiger partial charge in [-0.25, -0.2) is 0 Å². The van der Waals surface area contributed by atoms with Crippen LogP contribution in [0.2, 0.25) is 0 Å². The van der Waals surface area contributed by atoms with E-state index in [2.05, 4.69) is 33.9 Å². The standard InChI is InChI=1S/C49H78O19/c1-21(2)24-12-15-49(17-16-46(6)26(32(24)49)10-11-29-47(46,7)14-13-25(22(3)4)48(29,8)30(51)18-31(52)62-9)45(61)68-44-39(59)36(56)34(54)28(66-44)20-63-42-40(60)37(57)41(27(19-50)65-42)67-43-38(58)35(55)33(53)23(5)64-43/h23-30,32-44,50-51,53-60H,1,3,10-20H2,2,4-9H3/t23-,24-,25-,26+,27+,28+,29-,30?,32+,33-,34+,35+,36-,37+,38+,39+,40+,41+,42+,43-,44-,46+,47+,48-,49-/m0/s1. The molecule has 3 heterocycles. The Morgan fingerprint density at radius 3 is 1.97 bits per heavy atom. The van der Waals surface area contributed by atoms with E-state index in [0.717, 1.165) is 36.8 Å². The molecule has 25 atom stereocenters. The van der Waals surface area contributed by atoms with Gasteiger partial charge in [0.2, 0.25) is 6.29 Å². The van der Waals surface area contributed by atoms with Gasteiger partial charge in [-0.15, -0.1) is 0 Å². The summed E-state index contributed by atoms with van der Waals surface area (Å²) in [6.45, 7) is 19.5. The third-order valence-electron chi connectivity index (χ3n) is 18.8. The number of carbonyl (C=O) groups excluding carboxylic acids is 2. The molecule has 388 valence electrons. The van der Waals surface area contributed by atoms with Crippen LogP contribution in [0.15, 0.2) is 24.3 Å². The highest BCUT2D eigenvalue weighted by Crippen LogP contribution is 2.76. The van der Waals surface area contributed by atoms with E-state index in [4.69, 9.17) is 33.2 Å². The lowest BCUT2D eigenvalue weighted by atomic mass is 9.33. The summed E-state index contributed by atoms with van der Waals surface area (Å²) >= 11 is 0. The summed E-state index contributed by atoms with van der Waals surface area (Å²) in [7, 11) is 1.32. The van der Waals surface area contributed by atoms with Crippen molar-refractivity contribution in [3.63, 3.8) is 0 Å². The van der Waals surface area contributed by atoms with Crippen LogP contribution >= 0.6 is 0 Å². The molecule has 68 heavy (non-hydrogen) atoms. The first kappa shape index (κ1) is 53.6. The fraction of sp³-hybridized carbons (Fsp3) is 0.878. The van der Waals surface area contributed by atoms with Gasteiger partial charge >= 0.3 is 11.9 Å². The Hall–Kier alpha value is -2.18. The average molecular weight is 971 g/mol. The van der Waals surface area contributed by atoms with Gasteiger partial charge in [-0.3, -0.25) is 9.59 Å². The molecule has 0 radical (unpaired) electrons. The summed E-state index contributed by atoms with van der Waals surface area (Å²) in [5, 5.41) is 108. The van der Waals surface area contributed by atoms with E-state index in [9.17, 15) is 60.7 Å². The summed E-state index contributed by atoms with van der Waals surface area (Å²) in [6, 6.07) is 0. The number of allylic oxidation sites excluding steroid dienone is 2. The lowest BCUT2D eigenvalue weighted by Gasteiger charge is -2.71. The fourth-order valence-electron chi connectivity index (χ4n) is 14.7. The highest BCUT2D eigenvalue weighted by molar-refractivity contribution is 5.78. The number of hydrogen-bond donors (Lipinski definition) is 10. The lowest BCUT2D eigenvalue weighted by molar-refractivity contribution is -0.361. The number of ether oxygens (including phenoxy) is 7. The predicted octanol–water partition coefficient (Wildman–Crippen LogP) is 0.343. The smallest absolute Gasteiger partial charge is 0.314 e. The van der Waals surface area contributed by atoms with Crippen LogP contribution in [0.25, 0.3) is 0 Å². The van der Waals surface area contributed by atoms with Gasteiger partial charge < -0.3 is 84.2 Å². The van der Waals surface area contributed by atoms with Crippen molar-refractivity contribution >= 4 is 11.9 Å². The first-order chi connectivity index (χ1) is 31.8. The maximum absolute atomic E-state index is 15.0. The van der Waals surface area contributed by atoms with E-state index < -0.39 is 134 Å². The van der Waals surface area contributed by atoms with Crippen LogP contribution < -0.4 is 0 Å². The molecule has 0 amide bonds. The molecule has 0 aromatic heterocycles. The molecule has 19 nitrogen and oxygen atoms in total. The first-order valence-corrected chi connectivity index (χ1v) is 24.4. The number of aliphatic hydroxyl groups is 10. The van der Waals surface area contributed by atoms with Crippen molar-refractivity contribution < 1.29 is 93.8 Å². The van der Waals surface area contributed by atoms with Gasteiger partial charge in [0.15, 0.2) is 12.6 Å². The summed E-state index contributed by atoms with van der Waals surface area (Å²) in [5.41, 5.74) is -0.401.